The van der Waals surface area contributed by atoms with Crippen molar-refractivity contribution in [1.29, 1.82) is 0 Å². The summed E-state index contributed by atoms with van der Waals surface area (Å²) in [4.78, 5) is 0. The third-order valence-electron chi connectivity index (χ3n) is 2.94. The van der Waals surface area contributed by atoms with Crippen LogP contribution in [0.25, 0.3) is 0 Å². The van der Waals surface area contributed by atoms with Crippen molar-refractivity contribution in [1.82, 2.24) is 0 Å². The average Bonchev–Trinajstić information content (AvgIpc) is 2.23. The Hall–Kier alpha value is -0.490. The second-order valence-corrected chi connectivity index (χ2v) is 3.66. The SMILES string of the molecule is CC1=C(C)C(C=CCl)C(C)=C1C. The molecule has 0 bridgehead atoms. The van der Waals surface area contributed by atoms with Crippen molar-refractivity contribution in [2.24, 2.45) is 5.92 Å². The fourth-order valence-corrected chi connectivity index (χ4v) is 1.89. The smallest absolute Gasteiger partial charge is 0.0204 e. The standard InChI is InChI=1S/C11H15Cl/c1-7-8(2)10(4)11(5-6-12)9(7)3/h5-6,11H,1-4H3. The van der Waals surface area contributed by atoms with Crippen LogP contribution in [0.2, 0.25) is 0 Å². The van der Waals surface area contributed by atoms with Crippen LogP contribution in [0.4, 0.5) is 0 Å². The molecule has 0 unspecified atom stereocenters. The number of rotatable bonds is 1. The van der Waals surface area contributed by atoms with Crippen LogP contribution < -0.4 is 0 Å². The molecule has 1 heteroatoms. The first-order valence-corrected chi connectivity index (χ1v) is 4.65. The Morgan fingerprint density at radius 3 is 1.75 bits per heavy atom. The van der Waals surface area contributed by atoms with Gasteiger partial charge < -0.3 is 0 Å². The maximum atomic E-state index is 5.58. The quantitative estimate of drug-likeness (QED) is 0.574. The van der Waals surface area contributed by atoms with Crippen molar-refractivity contribution in [3.8, 4) is 0 Å². The van der Waals surface area contributed by atoms with E-state index in [2.05, 4.69) is 27.7 Å². The molecule has 0 spiro atoms. The van der Waals surface area contributed by atoms with Gasteiger partial charge in [-0.25, -0.2) is 0 Å². The lowest BCUT2D eigenvalue weighted by molar-refractivity contribution is 0.910. The van der Waals surface area contributed by atoms with Crippen LogP contribution in [0.15, 0.2) is 33.9 Å². The minimum Gasteiger partial charge on any atom is -0.0933 e. The number of hydrogen-bond acceptors (Lipinski definition) is 0. The molecule has 0 radical (unpaired) electrons. The van der Waals surface area contributed by atoms with Gasteiger partial charge in [-0.2, -0.15) is 0 Å². The molecule has 66 valence electrons. The maximum absolute atomic E-state index is 5.58. The first kappa shape index (κ1) is 9.60. The monoisotopic (exact) mass is 182 g/mol. The Bertz CT molecular complexity index is 255. The van der Waals surface area contributed by atoms with E-state index in [0.717, 1.165) is 0 Å². The number of hydrogen-bond donors (Lipinski definition) is 0. The highest BCUT2D eigenvalue weighted by Crippen LogP contribution is 2.37. The van der Waals surface area contributed by atoms with E-state index in [1.807, 2.05) is 6.08 Å². The zero-order valence-corrected chi connectivity index (χ0v) is 8.87. The van der Waals surface area contributed by atoms with Gasteiger partial charge in [0.05, 0.1) is 0 Å². The molecule has 0 amide bonds. The Morgan fingerprint density at radius 1 is 1.00 bits per heavy atom. The Morgan fingerprint density at radius 2 is 1.42 bits per heavy atom. The van der Waals surface area contributed by atoms with E-state index in [1.54, 1.807) is 5.54 Å². The van der Waals surface area contributed by atoms with Gasteiger partial charge in [-0.3, -0.25) is 0 Å². The van der Waals surface area contributed by atoms with Gasteiger partial charge in [0, 0.05) is 11.5 Å². The molecule has 0 saturated heterocycles. The van der Waals surface area contributed by atoms with Gasteiger partial charge in [0.15, 0.2) is 0 Å². The zero-order chi connectivity index (χ0) is 9.30. The predicted molar refractivity (Wildman–Crippen MR) is 55.2 cm³/mol. The molecule has 0 aliphatic heterocycles. The molecular formula is C11H15Cl. The van der Waals surface area contributed by atoms with E-state index in [1.165, 1.54) is 22.3 Å². The average molecular weight is 183 g/mol. The molecule has 0 heterocycles. The first-order chi connectivity index (χ1) is 5.59. The number of halogens is 1. The predicted octanol–water partition coefficient (Wildman–Crippen LogP) is 4.04. The fraction of sp³-hybridized carbons (Fsp3) is 0.455. The van der Waals surface area contributed by atoms with Crippen molar-refractivity contribution < 1.29 is 0 Å². The first-order valence-electron chi connectivity index (χ1n) is 4.21. The van der Waals surface area contributed by atoms with Gasteiger partial charge in [0.25, 0.3) is 0 Å². The number of allylic oxidation sites excluding steroid dienone is 5. The van der Waals surface area contributed by atoms with Crippen molar-refractivity contribution in [2.45, 2.75) is 27.7 Å². The molecule has 1 aliphatic carbocycles. The zero-order valence-electron chi connectivity index (χ0n) is 8.11. The van der Waals surface area contributed by atoms with Crippen LogP contribution in [0.1, 0.15) is 27.7 Å². The largest absolute Gasteiger partial charge is 0.0933 e. The summed E-state index contributed by atoms with van der Waals surface area (Å²) in [5, 5.41) is 0. The van der Waals surface area contributed by atoms with Crippen LogP contribution in [0, 0.1) is 5.92 Å². The second kappa shape index (κ2) is 3.49. The lowest BCUT2D eigenvalue weighted by Crippen LogP contribution is -1.95. The molecule has 0 atom stereocenters. The molecule has 0 aromatic carbocycles. The van der Waals surface area contributed by atoms with Crippen LogP contribution in [0.3, 0.4) is 0 Å². The summed E-state index contributed by atoms with van der Waals surface area (Å²) in [7, 11) is 0. The van der Waals surface area contributed by atoms with E-state index >= 15 is 0 Å². The Kier molecular flexibility index (Phi) is 2.79. The fourth-order valence-electron chi connectivity index (χ4n) is 1.74. The van der Waals surface area contributed by atoms with E-state index in [0.29, 0.717) is 5.92 Å². The Labute approximate surface area is 79.6 Å². The lowest BCUT2D eigenvalue weighted by atomic mass is 9.97. The molecule has 1 aliphatic rings. The van der Waals surface area contributed by atoms with Crippen molar-refractivity contribution in [3.63, 3.8) is 0 Å². The summed E-state index contributed by atoms with van der Waals surface area (Å²) in [5.41, 5.74) is 7.33. The minimum absolute atomic E-state index is 0.447. The van der Waals surface area contributed by atoms with Gasteiger partial charge in [-0.05, 0) is 38.8 Å². The molecule has 0 N–H and O–H groups in total. The minimum atomic E-state index is 0.447. The van der Waals surface area contributed by atoms with Crippen molar-refractivity contribution in [3.05, 3.63) is 33.9 Å². The van der Waals surface area contributed by atoms with Gasteiger partial charge in [0.2, 0.25) is 0 Å². The molecule has 0 aromatic heterocycles. The topological polar surface area (TPSA) is 0 Å². The summed E-state index contributed by atoms with van der Waals surface area (Å²) in [6.45, 7) is 8.71. The van der Waals surface area contributed by atoms with Gasteiger partial charge in [0.1, 0.15) is 0 Å². The van der Waals surface area contributed by atoms with Crippen molar-refractivity contribution in [2.75, 3.05) is 0 Å². The van der Waals surface area contributed by atoms with Gasteiger partial charge in [-0.15, -0.1) is 0 Å². The summed E-state index contributed by atoms with van der Waals surface area (Å²) >= 11 is 5.58. The molecule has 0 fully saturated rings. The van der Waals surface area contributed by atoms with Crippen LogP contribution in [-0.4, -0.2) is 0 Å². The molecule has 0 aromatic rings. The summed E-state index contributed by atoms with van der Waals surface area (Å²) in [5.74, 6) is 0.447. The second-order valence-electron chi connectivity index (χ2n) is 3.41. The molecule has 1 rings (SSSR count). The third-order valence-corrected chi connectivity index (χ3v) is 3.09. The van der Waals surface area contributed by atoms with Gasteiger partial charge in [-0.1, -0.05) is 28.8 Å². The molecule has 0 saturated carbocycles. The molecular weight excluding hydrogens is 168 g/mol. The normalized spacial score (nSPS) is 20.4. The highest BCUT2D eigenvalue weighted by Gasteiger charge is 2.21. The molecule has 12 heavy (non-hydrogen) atoms. The highest BCUT2D eigenvalue weighted by atomic mass is 35.5. The van der Waals surface area contributed by atoms with E-state index in [-0.39, 0.29) is 0 Å². The summed E-state index contributed by atoms with van der Waals surface area (Å²) < 4.78 is 0. The maximum Gasteiger partial charge on any atom is 0.0204 e. The van der Waals surface area contributed by atoms with E-state index in [4.69, 9.17) is 11.6 Å². The highest BCUT2D eigenvalue weighted by molar-refractivity contribution is 6.25. The van der Waals surface area contributed by atoms with Crippen molar-refractivity contribution >= 4 is 11.6 Å². The van der Waals surface area contributed by atoms with Crippen LogP contribution in [0.5, 0.6) is 0 Å². The third kappa shape index (κ3) is 1.36. The van der Waals surface area contributed by atoms with Crippen LogP contribution in [-0.2, 0) is 0 Å². The van der Waals surface area contributed by atoms with Crippen LogP contribution >= 0.6 is 11.6 Å². The van der Waals surface area contributed by atoms with Gasteiger partial charge >= 0.3 is 0 Å². The van der Waals surface area contributed by atoms with E-state index < -0.39 is 0 Å². The Balaban J connectivity index is 3.08. The molecule has 0 nitrogen and oxygen atoms in total. The van der Waals surface area contributed by atoms with E-state index in [9.17, 15) is 0 Å². The summed E-state index contributed by atoms with van der Waals surface area (Å²) in [6.07, 6.45) is 2.05. The lowest BCUT2D eigenvalue weighted by Gasteiger charge is -2.07. The summed E-state index contributed by atoms with van der Waals surface area (Å²) in [6, 6.07) is 0.